The number of nitrogens with zero attached hydrogens (tertiary/aromatic N) is 1. The predicted octanol–water partition coefficient (Wildman–Crippen LogP) is 2.11. The molecule has 4 nitrogen and oxygen atoms in total. The molecule has 0 amide bonds. The summed E-state index contributed by atoms with van der Waals surface area (Å²) >= 11 is 5.07. The number of aromatic nitrogens is 1. The molecule has 1 N–H and O–H groups in total. The second-order valence-electron chi connectivity index (χ2n) is 2.52. The van der Waals surface area contributed by atoms with Gasteiger partial charge in [0.1, 0.15) is 0 Å². The van der Waals surface area contributed by atoms with E-state index in [4.69, 9.17) is 11.6 Å². The Bertz CT molecular complexity index is 398. The molecule has 0 aromatic carbocycles. The van der Waals surface area contributed by atoms with E-state index in [0.29, 0.717) is 0 Å². The second-order valence-corrected chi connectivity index (χ2v) is 2.86. The first-order valence-corrected chi connectivity index (χ1v) is 4.10. The number of rotatable bonds is 3. The molecule has 0 spiro atoms. The number of methoxy groups -OCH3 is 1. The average Bonchev–Trinajstić information content (AvgIpc) is 2.16. The minimum Gasteiger partial charge on any atom is -0.503 e. The van der Waals surface area contributed by atoms with Gasteiger partial charge in [0.2, 0.25) is 0 Å². The van der Waals surface area contributed by atoms with Crippen molar-refractivity contribution in [2.45, 2.75) is 6.43 Å². The molecule has 0 aliphatic rings. The van der Waals surface area contributed by atoms with Crippen LogP contribution in [0.15, 0.2) is 6.20 Å². The standard InChI is InChI=1S/C8H6ClF2NO3/c1-15-8-5(13)4(6(9)14)3(2-12-8)7(10)11/h2,7,13H,1H3. The zero-order valence-corrected chi connectivity index (χ0v) is 8.26. The number of alkyl halides is 2. The molecule has 1 aromatic rings. The van der Waals surface area contributed by atoms with Crippen LogP contribution in [0.2, 0.25) is 0 Å². The molecule has 0 aliphatic carbocycles. The van der Waals surface area contributed by atoms with Crippen molar-refractivity contribution in [2.24, 2.45) is 0 Å². The van der Waals surface area contributed by atoms with E-state index < -0.39 is 28.5 Å². The topological polar surface area (TPSA) is 59.4 Å². The van der Waals surface area contributed by atoms with Crippen LogP contribution in [0.5, 0.6) is 11.6 Å². The van der Waals surface area contributed by atoms with Gasteiger partial charge in [-0.1, -0.05) is 0 Å². The van der Waals surface area contributed by atoms with Crippen molar-refractivity contribution in [1.29, 1.82) is 0 Å². The van der Waals surface area contributed by atoms with Crippen LogP contribution in [0, 0.1) is 0 Å². The van der Waals surface area contributed by atoms with Gasteiger partial charge in [-0.15, -0.1) is 0 Å². The van der Waals surface area contributed by atoms with Crippen molar-refractivity contribution in [3.05, 3.63) is 17.3 Å². The zero-order valence-electron chi connectivity index (χ0n) is 7.50. The quantitative estimate of drug-likeness (QED) is 0.818. The third-order valence-corrected chi connectivity index (χ3v) is 1.86. The summed E-state index contributed by atoms with van der Waals surface area (Å²) in [5.41, 5.74) is -1.41. The van der Waals surface area contributed by atoms with Crippen molar-refractivity contribution in [2.75, 3.05) is 7.11 Å². The largest absolute Gasteiger partial charge is 0.503 e. The number of hydrogen-bond donors (Lipinski definition) is 1. The Labute approximate surface area is 88.4 Å². The lowest BCUT2D eigenvalue weighted by Gasteiger charge is -2.09. The van der Waals surface area contributed by atoms with Gasteiger partial charge in [-0.2, -0.15) is 0 Å². The number of aromatic hydroxyl groups is 1. The minimum absolute atomic E-state index is 0.330. The summed E-state index contributed by atoms with van der Waals surface area (Å²) in [6.45, 7) is 0. The summed E-state index contributed by atoms with van der Waals surface area (Å²) in [6, 6.07) is 0. The number of carbonyl (C=O) groups is 1. The summed E-state index contributed by atoms with van der Waals surface area (Å²) in [7, 11) is 1.17. The summed E-state index contributed by atoms with van der Waals surface area (Å²) in [5, 5.41) is 8.17. The summed E-state index contributed by atoms with van der Waals surface area (Å²) in [4.78, 5) is 14.2. The lowest BCUT2D eigenvalue weighted by Crippen LogP contribution is -2.02. The maximum absolute atomic E-state index is 12.4. The molecule has 1 aromatic heterocycles. The normalized spacial score (nSPS) is 10.5. The highest BCUT2D eigenvalue weighted by Gasteiger charge is 2.24. The molecule has 0 bridgehead atoms. The van der Waals surface area contributed by atoms with Crippen LogP contribution in [0.4, 0.5) is 8.78 Å². The number of carbonyl (C=O) groups excluding carboxylic acids is 1. The zero-order chi connectivity index (χ0) is 11.6. The van der Waals surface area contributed by atoms with E-state index in [0.717, 1.165) is 6.20 Å². The third kappa shape index (κ3) is 2.15. The monoisotopic (exact) mass is 237 g/mol. The van der Waals surface area contributed by atoms with E-state index in [1.54, 1.807) is 0 Å². The van der Waals surface area contributed by atoms with E-state index in [2.05, 4.69) is 9.72 Å². The van der Waals surface area contributed by atoms with E-state index >= 15 is 0 Å². The van der Waals surface area contributed by atoms with Gasteiger partial charge in [0.25, 0.3) is 17.5 Å². The first-order chi connectivity index (χ1) is 6.99. The fourth-order valence-corrected chi connectivity index (χ4v) is 1.22. The van der Waals surface area contributed by atoms with Crippen molar-refractivity contribution in [3.8, 4) is 11.6 Å². The second kappa shape index (κ2) is 4.39. The van der Waals surface area contributed by atoms with E-state index in [1.807, 2.05) is 0 Å². The van der Waals surface area contributed by atoms with Gasteiger partial charge < -0.3 is 9.84 Å². The van der Waals surface area contributed by atoms with Crippen LogP contribution in [0.25, 0.3) is 0 Å². The number of hydrogen-bond acceptors (Lipinski definition) is 4. The molecule has 0 atom stereocenters. The molecule has 0 saturated carbocycles. The summed E-state index contributed by atoms with van der Waals surface area (Å²) in [6.07, 6.45) is -2.22. The first-order valence-electron chi connectivity index (χ1n) is 3.72. The molecule has 7 heteroatoms. The van der Waals surface area contributed by atoms with Gasteiger partial charge >= 0.3 is 0 Å². The van der Waals surface area contributed by atoms with Crippen molar-refractivity contribution in [3.63, 3.8) is 0 Å². The Hall–Kier alpha value is -1.43. The molecule has 82 valence electrons. The smallest absolute Gasteiger partial charge is 0.266 e. The van der Waals surface area contributed by atoms with Gasteiger partial charge in [-0.25, -0.2) is 13.8 Å². The Kier molecular flexibility index (Phi) is 3.41. The SMILES string of the molecule is COc1ncc(C(F)F)c(C(=O)Cl)c1O. The first kappa shape index (κ1) is 11.6. The van der Waals surface area contributed by atoms with Crippen molar-refractivity contribution in [1.82, 2.24) is 4.98 Å². The highest BCUT2D eigenvalue weighted by Crippen LogP contribution is 2.35. The van der Waals surface area contributed by atoms with Gasteiger partial charge in [-0.3, -0.25) is 4.79 Å². The van der Waals surface area contributed by atoms with Crippen LogP contribution in [-0.4, -0.2) is 22.4 Å². The van der Waals surface area contributed by atoms with Crippen LogP contribution in [-0.2, 0) is 0 Å². The highest BCUT2D eigenvalue weighted by molar-refractivity contribution is 6.68. The molecule has 1 heterocycles. The lowest BCUT2D eigenvalue weighted by atomic mass is 10.1. The molecule has 0 fully saturated rings. The van der Waals surface area contributed by atoms with Crippen LogP contribution in [0.1, 0.15) is 22.3 Å². The molecule has 0 saturated heterocycles. The fraction of sp³-hybridized carbons (Fsp3) is 0.250. The molecular weight excluding hydrogens is 232 g/mol. The molecule has 0 unspecified atom stereocenters. The van der Waals surface area contributed by atoms with E-state index in [1.165, 1.54) is 7.11 Å². The Morgan fingerprint density at radius 2 is 2.27 bits per heavy atom. The summed E-state index contributed by atoms with van der Waals surface area (Å²) < 4.78 is 29.4. The number of ether oxygens (including phenoxy) is 1. The van der Waals surface area contributed by atoms with Crippen LogP contribution < -0.4 is 4.74 Å². The maximum Gasteiger partial charge on any atom is 0.266 e. The van der Waals surface area contributed by atoms with E-state index in [-0.39, 0.29) is 5.88 Å². The maximum atomic E-state index is 12.4. The van der Waals surface area contributed by atoms with Gasteiger partial charge in [0.05, 0.1) is 18.2 Å². The van der Waals surface area contributed by atoms with Gasteiger partial charge in [0.15, 0.2) is 5.75 Å². The summed E-state index contributed by atoms with van der Waals surface area (Å²) in [5.74, 6) is -1.11. The molecule has 0 aliphatic heterocycles. The van der Waals surface area contributed by atoms with Gasteiger partial charge in [0, 0.05) is 6.20 Å². The third-order valence-electron chi connectivity index (χ3n) is 1.67. The number of pyridine rings is 1. The Morgan fingerprint density at radius 1 is 1.67 bits per heavy atom. The van der Waals surface area contributed by atoms with Crippen molar-refractivity contribution < 1.29 is 23.4 Å². The Morgan fingerprint density at radius 3 is 2.67 bits per heavy atom. The van der Waals surface area contributed by atoms with Crippen molar-refractivity contribution >= 4 is 16.8 Å². The highest BCUT2D eigenvalue weighted by atomic mass is 35.5. The molecule has 15 heavy (non-hydrogen) atoms. The fourth-order valence-electron chi connectivity index (χ4n) is 1.02. The van der Waals surface area contributed by atoms with E-state index in [9.17, 15) is 18.7 Å². The van der Waals surface area contributed by atoms with Crippen LogP contribution >= 0.6 is 11.6 Å². The average molecular weight is 238 g/mol. The molecule has 1 rings (SSSR count). The Balaban J connectivity index is 3.44. The van der Waals surface area contributed by atoms with Crippen LogP contribution in [0.3, 0.4) is 0 Å². The minimum atomic E-state index is -2.95. The van der Waals surface area contributed by atoms with Gasteiger partial charge in [-0.05, 0) is 11.6 Å². The number of halogens is 3. The predicted molar refractivity (Wildman–Crippen MR) is 47.6 cm³/mol. The molecule has 0 radical (unpaired) electrons. The molecular formula is C8H6ClF2NO3. The lowest BCUT2D eigenvalue weighted by molar-refractivity contribution is 0.106.